The van der Waals surface area contributed by atoms with Crippen LogP contribution in [0.25, 0.3) is 0 Å². The normalized spacial score (nSPS) is 25.3. The largest absolute Gasteiger partial charge is 0.383 e. The lowest BCUT2D eigenvalue weighted by Crippen LogP contribution is -2.46. The summed E-state index contributed by atoms with van der Waals surface area (Å²) >= 11 is 1.49. The van der Waals surface area contributed by atoms with E-state index < -0.39 is 17.2 Å². The second kappa shape index (κ2) is 5.25. The van der Waals surface area contributed by atoms with Crippen molar-refractivity contribution in [3.05, 3.63) is 11.4 Å². The first-order valence-corrected chi connectivity index (χ1v) is 7.46. The van der Waals surface area contributed by atoms with Crippen molar-refractivity contribution in [2.24, 2.45) is 27.8 Å². The summed E-state index contributed by atoms with van der Waals surface area (Å²) in [6.45, 7) is 1.99. The smallest absolute Gasteiger partial charge is 0.228 e. The van der Waals surface area contributed by atoms with Crippen molar-refractivity contribution in [2.75, 3.05) is 5.75 Å². The van der Waals surface area contributed by atoms with E-state index in [0.29, 0.717) is 10.6 Å². The maximum atomic E-state index is 11.9. The average molecular weight is 278 g/mol. The summed E-state index contributed by atoms with van der Waals surface area (Å²) in [7, 11) is 0. The molecule has 1 aliphatic carbocycles. The van der Waals surface area contributed by atoms with E-state index in [2.05, 4.69) is 11.1 Å². The highest BCUT2D eigenvalue weighted by Crippen LogP contribution is 2.53. The van der Waals surface area contributed by atoms with Crippen LogP contribution in [-0.4, -0.2) is 16.7 Å². The van der Waals surface area contributed by atoms with Crippen LogP contribution in [0.3, 0.4) is 0 Å². The van der Waals surface area contributed by atoms with E-state index in [1.54, 1.807) is 0 Å². The molecule has 1 atom stereocenters. The third-order valence-electron chi connectivity index (χ3n) is 3.97. The summed E-state index contributed by atoms with van der Waals surface area (Å²) in [5.41, 5.74) is 11.5. The summed E-state index contributed by atoms with van der Waals surface area (Å²) in [5, 5.41) is 10.1. The van der Waals surface area contributed by atoms with Gasteiger partial charge in [-0.3, -0.25) is 4.79 Å². The fraction of sp³-hybridized carbons (Fsp3) is 0.615. The SMILES string of the molecule is CCSC1=NC(N)=C(C#N)C2(CCCC2)C1C(N)=O. The van der Waals surface area contributed by atoms with E-state index in [1.807, 2.05) is 6.92 Å². The number of hydrogen-bond donors (Lipinski definition) is 2. The molecule has 1 unspecified atom stereocenters. The molecule has 1 heterocycles. The first kappa shape index (κ1) is 13.9. The number of carbonyl (C=O) groups is 1. The highest BCUT2D eigenvalue weighted by molar-refractivity contribution is 8.14. The maximum absolute atomic E-state index is 11.9. The third-order valence-corrected chi connectivity index (χ3v) is 4.88. The van der Waals surface area contributed by atoms with Gasteiger partial charge < -0.3 is 11.5 Å². The number of amides is 1. The number of thioether (sulfide) groups is 1. The fourth-order valence-electron chi connectivity index (χ4n) is 3.25. The van der Waals surface area contributed by atoms with Crippen molar-refractivity contribution in [2.45, 2.75) is 32.6 Å². The van der Waals surface area contributed by atoms with E-state index in [-0.39, 0.29) is 5.82 Å². The lowest BCUT2D eigenvalue weighted by Gasteiger charge is -2.38. The summed E-state index contributed by atoms with van der Waals surface area (Å²) < 4.78 is 0. The van der Waals surface area contributed by atoms with Crippen molar-refractivity contribution in [3.63, 3.8) is 0 Å². The summed E-state index contributed by atoms with van der Waals surface area (Å²) in [4.78, 5) is 16.2. The predicted molar refractivity (Wildman–Crippen MR) is 76.0 cm³/mol. The molecule has 1 amide bonds. The third kappa shape index (κ3) is 2.12. The summed E-state index contributed by atoms with van der Waals surface area (Å²) in [6, 6.07) is 2.16. The molecule has 2 rings (SSSR count). The van der Waals surface area contributed by atoms with Crippen molar-refractivity contribution in [1.29, 1.82) is 5.26 Å². The predicted octanol–water partition coefficient (Wildman–Crippen LogP) is 1.51. The number of nitrogens with two attached hydrogens (primary N) is 2. The lowest BCUT2D eigenvalue weighted by molar-refractivity contribution is -0.122. The van der Waals surface area contributed by atoms with Gasteiger partial charge in [-0.25, -0.2) is 4.99 Å². The Morgan fingerprint density at radius 1 is 1.58 bits per heavy atom. The minimum atomic E-state index is -0.510. The summed E-state index contributed by atoms with van der Waals surface area (Å²) in [5.74, 6) is 0.162. The van der Waals surface area contributed by atoms with Crippen molar-refractivity contribution >= 4 is 22.7 Å². The van der Waals surface area contributed by atoms with Crippen LogP contribution in [0.2, 0.25) is 0 Å². The first-order valence-electron chi connectivity index (χ1n) is 6.48. The van der Waals surface area contributed by atoms with E-state index in [9.17, 15) is 10.1 Å². The molecular weight excluding hydrogens is 260 g/mol. The van der Waals surface area contributed by atoms with Crippen LogP contribution >= 0.6 is 11.8 Å². The number of nitrogens with zero attached hydrogens (tertiary/aromatic N) is 2. The molecule has 102 valence electrons. The number of primary amides is 1. The van der Waals surface area contributed by atoms with Gasteiger partial charge in [0.1, 0.15) is 5.82 Å². The van der Waals surface area contributed by atoms with Crippen LogP contribution in [0.15, 0.2) is 16.4 Å². The molecule has 0 aromatic heterocycles. The van der Waals surface area contributed by atoms with Gasteiger partial charge in [-0.1, -0.05) is 19.8 Å². The van der Waals surface area contributed by atoms with Crippen molar-refractivity contribution in [3.8, 4) is 6.07 Å². The zero-order valence-corrected chi connectivity index (χ0v) is 11.8. The van der Waals surface area contributed by atoms with Gasteiger partial charge in [0, 0.05) is 5.41 Å². The Morgan fingerprint density at radius 3 is 2.68 bits per heavy atom. The topological polar surface area (TPSA) is 105 Å². The number of carbonyl (C=O) groups excluding carboxylic acids is 1. The maximum Gasteiger partial charge on any atom is 0.228 e. The highest BCUT2D eigenvalue weighted by atomic mass is 32.2. The zero-order chi connectivity index (χ0) is 14.0. The second-order valence-electron chi connectivity index (χ2n) is 4.95. The van der Waals surface area contributed by atoms with Crippen LogP contribution in [0, 0.1) is 22.7 Å². The molecule has 4 N–H and O–H groups in total. The average Bonchev–Trinajstić information content (AvgIpc) is 2.78. The molecule has 1 aliphatic heterocycles. The Morgan fingerprint density at radius 2 is 2.21 bits per heavy atom. The number of allylic oxidation sites excluding steroid dienone is 1. The van der Waals surface area contributed by atoms with Gasteiger partial charge in [0.25, 0.3) is 0 Å². The lowest BCUT2D eigenvalue weighted by atomic mass is 9.67. The van der Waals surface area contributed by atoms with Gasteiger partial charge in [0.05, 0.1) is 22.6 Å². The van der Waals surface area contributed by atoms with Gasteiger partial charge in [0.15, 0.2) is 0 Å². The molecule has 1 spiro atoms. The molecule has 2 aliphatic rings. The van der Waals surface area contributed by atoms with Gasteiger partial charge in [-0.15, -0.1) is 11.8 Å². The molecule has 0 saturated heterocycles. The van der Waals surface area contributed by atoms with Gasteiger partial charge in [-0.05, 0) is 18.6 Å². The van der Waals surface area contributed by atoms with Crippen molar-refractivity contribution in [1.82, 2.24) is 0 Å². The van der Waals surface area contributed by atoms with Crippen LogP contribution in [0.1, 0.15) is 32.6 Å². The zero-order valence-electron chi connectivity index (χ0n) is 11.0. The minimum Gasteiger partial charge on any atom is -0.383 e. The highest BCUT2D eigenvalue weighted by Gasteiger charge is 2.52. The minimum absolute atomic E-state index is 0.262. The van der Waals surface area contributed by atoms with Crippen LogP contribution in [0.4, 0.5) is 0 Å². The van der Waals surface area contributed by atoms with Gasteiger partial charge >= 0.3 is 0 Å². The standard InChI is InChI=1S/C13H18N4OS/c1-2-19-12-9(11(16)18)13(5-3-4-6-13)8(7-14)10(15)17-12/h9H,2-6,15H2,1H3,(H2,16,18). The van der Waals surface area contributed by atoms with Crippen LogP contribution in [0.5, 0.6) is 0 Å². The van der Waals surface area contributed by atoms with Gasteiger partial charge in [-0.2, -0.15) is 5.26 Å². The van der Waals surface area contributed by atoms with E-state index in [0.717, 1.165) is 31.4 Å². The van der Waals surface area contributed by atoms with E-state index in [4.69, 9.17) is 11.5 Å². The first-order chi connectivity index (χ1) is 9.06. The Labute approximate surface area is 117 Å². The molecule has 1 fully saturated rings. The molecule has 0 radical (unpaired) electrons. The number of aliphatic imine (C=N–C) groups is 1. The molecular formula is C13H18N4OS. The Kier molecular flexibility index (Phi) is 3.85. The Balaban J connectivity index is 2.57. The number of hydrogen-bond acceptors (Lipinski definition) is 5. The Bertz CT molecular complexity index is 497. The fourth-order valence-corrected chi connectivity index (χ4v) is 4.21. The molecule has 19 heavy (non-hydrogen) atoms. The number of nitriles is 1. The van der Waals surface area contributed by atoms with Crippen molar-refractivity contribution < 1.29 is 4.79 Å². The molecule has 6 heteroatoms. The molecule has 0 bridgehead atoms. The van der Waals surface area contributed by atoms with Crippen LogP contribution < -0.4 is 11.5 Å². The van der Waals surface area contributed by atoms with E-state index in [1.165, 1.54) is 11.8 Å². The monoisotopic (exact) mass is 278 g/mol. The quantitative estimate of drug-likeness (QED) is 0.798. The molecule has 0 aromatic rings. The van der Waals surface area contributed by atoms with Gasteiger partial charge in [0.2, 0.25) is 5.91 Å². The second-order valence-corrected chi connectivity index (χ2v) is 6.24. The van der Waals surface area contributed by atoms with E-state index >= 15 is 0 Å². The molecule has 1 saturated carbocycles. The molecule has 0 aromatic carbocycles. The summed E-state index contributed by atoms with van der Waals surface area (Å²) in [6.07, 6.45) is 3.56. The Hall–Kier alpha value is -1.48. The number of rotatable bonds is 2. The molecule has 5 nitrogen and oxygen atoms in total. The van der Waals surface area contributed by atoms with Crippen LogP contribution in [-0.2, 0) is 4.79 Å².